The summed E-state index contributed by atoms with van der Waals surface area (Å²) >= 11 is 0. The van der Waals surface area contributed by atoms with Crippen molar-refractivity contribution < 1.29 is 13.5 Å². The fourth-order valence-electron chi connectivity index (χ4n) is 4.82. The highest BCUT2D eigenvalue weighted by Crippen LogP contribution is 2.30. The first kappa shape index (κ1) is 23.8. The van der Waals surface area contributed by atoms with Crippen LogP contribution in [0.4, 0.5) is 17.5 Å². The molecule has 2 aromatic heterocycles. The second kappa shape index (κ2) is 10.3. The molecular formula is C25H32N6O3S. The fourth-order valence-corrected chi connectivity index (χ4v) is 6.61. The highest BCUT2D eigenvalue weighted by molar-refractivity contribution is 7.92. The van der Waals surface area contributed by atoms with Gasteiger partial charge in [0.05, 0.1) is 21.9 Å². The molecule has 10 heteroatoms. The Labute approximate surface area is 205 Å². The molecule has 3 heterocycles. The molecule has 186 valence electrons. The van der Waals surface area contributed by atoms with Crippen molar-refractivity contribution in [1.29, 1.82) is 0 Å². The molecule has 2 aliphatic rings. The van der Waals surface area contributed by atoms with Crippen molar-refractivity contribution in [2.24, 2.45) is 0 Å². The van der Waals surface area contributed by atoms with Crippen LogP contribution in [0.1, 0.15) is 38.5 Å². The van der Waals surface area contributed by atoms with E-state index < -0.39 is 15.1 Å². The molecule has 1 aliphatic carbocycles. The molecule has 3 aromatic rings. The lowest BCUT2D eigenvalue weighted by Crippen LogP contribution is -2.35. The molecule has 1 saturated heterocycles. The topological polar surface area (TPSA) is 132 Å². The van der Waals surface area contributed by atoms with Gasteiger partial charge in [-0.05, 0) is 69.3 Å². The van der Waals surface area contributed by atoms with E-state index in [1.807, 2.05) is 36.4 Å². The SMILES string of the molecule is O=S(=O)(c1cc(Nc2cc(-c3ccccc3)[nH]n2)nc(NC2CCC(O)CC2)c1)C1CCNCC1. The summed E-state index contributed by atoms with van der Waals surface area (Å²) in [4.78, 5) is 4.93. The Morgan fingerprint density at radius 2 is 1.60 bits per heavy atom. The number of nitrogens with zero attached hydrogens (tertiary/aromatic N) is 2. The number of hydrogen-bond donors (Lipinski definition) is 5. The molecule has 0 radical (unpaired) electrons. The van der Waals surface area contributed by atoms with E-state index in [1.165, 1.54) is 0 Å². The monoisotopic (exact) mass is 496 g/mol. The minimum Gasteiger partial charge on any atom is -0.393 e. The van der Waals surface area contributed by atoms with E-state index in [4.69, 9.17) is 0 Å². The summed E-state index contributed by atoms with van der Waals surface area (Å²) in [6, 6.07) is 15.1. The average Bonchev–Trinajstić information content (AvgIpc) is 3.35. The average molecular weight is 497 g/mol. The van der Waals surface area contributed by atoms with Gasteiger partial charge in [0.15, 0.2) is 15.7 Å². The van der Waals surface area contributed by atoms with Crippen molar-refractivity contribution in [3.05, 3.63) is 48.5 Å². The number of H-pyrrole nitrogens is 1. The Morgan fingerprint density at radius 1 is 0.886 bits per heavy atom. The van der Waals surface area contributed by atoms with E-state index in [0.29, 0.717) is 43.4 Å². The van der Waals surface area contributed by atoms with Crippen LogP contribution in [0.5, 0.6) is 0 Å². The molecule has 5 N–H and O–H groups in total. The molecule has 5 rings (SSSR count). The van der Waals surface area contributed by atoms with E-state index in [1.54, 1.807) is 12.1 Å². The molecule has 0 unspecified atom stereocenters. The minimum absolute atomic E-state index is 0.144. The molecule has 0 bridgehead atoms. The van der Waals surface area contributed by atoms with Crippen LogP contribution >= 0.6 is 0 Å². The van der Waals surface area contributed by atoms with Crippen LogP contribution in [-0.2, 0) is 9.84 Å². The van der Waals surface area contributed by atoms with Gasteiger partial charge in [0.2, 0.25) is 0 Å². The Morgan fingerprint density at radius 3 is 2.34 bits per heavy atom. The van der Waals surface area contributed by atoms with Crippen LogP contribution in [0.3, 0.4) is 0 Å². The zero-order valence-corrected chi connectivity index (χ0v) is 20.4. The fraction of sp³-hybridized carbons (Fsp3) is 0.440. The van der Waals surface area contributed by atoms with Gasteiger partial charge in [-0.15, -0.1) is 0 Å². The number of hydrogen-bond acceptors (Lipinski definition) is 8. The number of anilines is 3. The molecule has 1 aliphatic heterocycles. The summed E-state index contributed by atoms with van der Waals surface area (Å²) in [5.41, 5.74) is 1.86. The summed E-state index contributed by atoms with van der Waals surface area (Å²) in [6.45, 7) is 1.40. The first-order valence-electron chi connectivity index (χ1n) is 12.3. The standard InChI is InChI=1S/C25H32N6O3S/c32-19-8-6-18(7-9-19)27-23-14-21(35(33,34)20-10-12-26-13-11-20)15-24(28-23)29-25-16-22(30-31-25)17-4-2-1-3-5-17/h1-5,14-16,18-20,26,32H,6-13H2,(H3,27,28,29,30,31). The van der Waals surface area contributed by atoms with Crippen molar-refractivity contribution in [3.63, 3.8) is 0 Å². The van der Waals surface area contributed by atoms with Crippen molar-refractivity contribution in [2.45, 2.75) is 60.8 Å². The van der Waals surface area contributed by atoms with Crippen LogP contribution in [0.2, 0.25) is 0 Å². The summed E-state index contributed by atoms with van der Waals surface area (Å²) in [5, 5.41) is 26.6. The number of rotatable bonds is 7. The number of aromatic nitrogens is 3. The van der Waals surface area contributed by atoms with Crippen LogP contribution in [0.15, 0.2) is 53.4 Å². The Hall–Kier alpha value is -2.95. The van der Waals surface area contributed by atoms with Gasteiger partial charge in [-0.2, -0.15) is 5.10 Å². The number of aromatic amines is 1. The molecule has 1 saturated carbocycles. The summed E-state index contributed by atoms with van der Waals surface area (Å²) in [7, 11) is -3.51. The molecule has 9 nitrogen and oxygen atoms in total. The third-order valence-electron chi connectivity index (χ3n) is 6.82. The van der Waals surface area contributed by atoms with Gasteiger partial charge < -0.3 is 21.1 Å². The maximum absolute atomic E-state index is 13.5. The summed E-state index contributed by atoms with van der Waals surface area (Å²) in [6.07, 6.45) is 4.01. The van der Waals surface area contributed by atoms with E-state index in [-0.39, 0.29) is 17.0 Å². The van der Waals surface area contributed by atoms with Gasteiger partial charge in [0, 0.05) is 12.1 Å². The number of aliphatic hydroxyl groups excluding tert-OH is 1. The van der Waals surface area contributed by atoms with Gasteiger partial charge >= 0.3 is 0 Å². The van der Waals surface area contributed by atoms with Crippen LogP contribution in [0, 0.1) is 0 Å². The summed E-state index contributed by atoms with van der Waals surface area (Å²) < 4.78 is 27.0. The van der Waals surface area contributed by atoms with Gasteiger partial charge in [-0.1, -0.05) is 30.3 Å². The maximum atomic E-state index is 13.5. The first-order chi connectivity index (χ1) is 17.0. The van der Waals surface area contributed by atoms with Gasteiger partial charge in [-0.25, -0.2) is 13.4 Å². The lowest BCUT2D eigenvalue weighted by Gasteiger charge is -2.27. The number of aliphatic hydroxyl groups is 1. The predicted octanol–water partition coefficient (Wildman–Crippen LogP) is 3.46. The molecule has 0 spiro atoms. The number of sulfone groups is 1. The van der Waals surface area contributed by atoms with E-state index >= 15 is 0 Å². The quantitative estimate of drug-likeness (QED) is 0.336. The van der Waals surface area contributed by atoms with Crippen molar-refractivity contribution >= 4 is 27.3 Å². The van der Waals surface area contributed by atoms with E-state index in [2.05, 4.69) is 31.1 Å². The lowest BCUT2D eigenvalue weighted by atomic mass is 9.93. The Bertz CT molecular complexity index is 1230. The van der Waals surface area contributed by atoms with Crippen LogP contribution < -0.4 is 16.0 Å². The Balaban J connectivity index is 1.43. The molecule has 35 heavy (non-hydrogen) atoms. The second-order valence-corrected chi connectivity index (χ2v) is 11.6. The lowest BCUT2D eigenvalue weighted by molar-refractivity contribution is 0.126. The predicted molar refractivity (Wildman–Crippen MR) is 137 cm³/mol. The highest BCUT2D eigenvalue weighted by Gasteiger charge is 2.30. The molecule has 2 fully saturated rings. The largest absolute Gasteiger partial charge is 0.393 e. The van der Waals surface area contributed by atoms with Crippen molar-refractivity contribution in [2.75, 3.05) is 23.7 Å². The second-order valence-electron chi connectivity index (χ2n) is 9.38. The molecular weight excluding hydrogens is 464 g/mol. The summed E-state index contributed by atoms with van der Waals surface area (Å²) in [5.74, 6) is 1.49. The number of benzene rings is 1. The maximum Gasteiger partial charge on any atom is 0.181 e. The zero-order chi connectivity index (χ0) is 24.3. The zero-order valence-electron chi connectivity index (χ0n) is 19.6. The van der Waals surface area contributed by atoms with E-state index in [0.717, 1.165) is 36.9 Å². The smallest absolute Gasteiger partial charge is 0.181 e. The molecule has 1 aromatic carbocycles. The van der Waals surface area contributed by atoms with Gasteiger partial charge in [0.25, 0.3) is 0 Å². The third kappa shape index (κ3) is 5.66. The van der Waals surface area contributed by atoms with Crippen LogP contribution in [0.25, 0.3) is 11.3 Å². The first-order valence-corrected chi connectivity index (χ1v) is 13.8. The Kier molecular flexibility index (Phi) is 7.03. The van der Waals surface area contributed by atoms with Gasteiger partial charge in [0.1, 0.15) is 11.6 Å². The van der Waals surface area contributed by atoms with Crippen LogP contribution in [-0.4, -0.2) is 59.2 Å². The normalized spacial score (nSPS) is 21.5. The highest BCUT2D eigenvalue weighted by atomic mass is 32.2. The number of nitrogens with one attached hydrogen (secondary N) is 4. The molecule has 0 amide bonds. The number of pyridine rings is 1. The third-order valence-corrected chi connectivity index (χ3v) is 9.06. The van der Waals surface area contributed by atoms with Crippen molar-refractivity contribution in [3.8, 4) is 11.3 Å². The van der Waals surface area contributed by atoms with Crippen molar-refractivity contribution in [1.82, 2.24) is 20.5 Å². The molecule has 0 atom stereocenters. The van der Waals surface area contributed by atoms with Gasteiger partial charge in [-0.3, -0.25) is 5.10 Å². The van der Waals surface area contributed by atoms with E-state index in [9.17, 15) is 13.5 Å². The minimum atomic E-state index is -3.51. The number of piperidine rings is 1.